The van der Waals surface area contributed by atoms with Crippen LogP contribution in [-0.4, -0.2) is 29.2 Å². The molecule has 0 aromatic heterocycles. The second-order valence-corrected chi connectivity index (χ2v) is 6.00. The van der Waals surface area contributed by atoms with Crippen molar-refractivity contribution in [2.45, 2.75) is 13.3 Å². The summed E-state index contributed by atoms with van der Waals surface area (Å²) in [6.45, 7) is 2.50. The number of esters is 1. The van der Waals surface area contributed by atoms with Gasteiger partial charge in [0.2, 0.25) is 0 Å². The van der Waals surface area contributed by atoms with Gasteiger partial charge in [0.25, 0.3) is 0 Å². The molecule has 17 heavy (non-hydrogen) atoms. The first kappa shape index (κ1) is 14.3. The number of aromatic hydroxyl groups is 1. The second kappa shape index (κ2) is 8.31. The van der Waals surface area contributed by atoms with Crippen LogP contribution in [0.1, 0.15) is 23.7 Å². The first-order chi connectivity index (χ1) is 8.25. The molecule has 0 radical (unpaired) electrons. The van der Waals surface area contributed by atoms with E-state index in [2.05, 4.69) is 6.92 Å². The van der Waals surface area contributed by atoms with Gasteiger partial charge in [0, 0.05) is 11.5 Å². The van der Waals surface area contributed by atoms with Crippen LogP contribution in [0, 0.1) is 0 Å². The third-order valence-corrected chi connectivity index (χ3v) is 4.47. The van der Waals surface area contributed by atoms with Crippen molar-refractivity contribution in [3.8, 4) is 5.75 Å². The number of phenolic OH excluding ortho intramolecular Hbond substituents is 1. The number of hydrogen-bond acceptors (Lipinski definition) is 5. The summed E-state index contributed by atoms with van der Waals surface area (Å²) in [5.41, 5.74) is 0.221. The molecule has 0 amide bonds. The first-order valence-corrected chi connectivity index (χ1v) is 7.94. The van der Waals surface area contributed by atoms with E-state index in [1.807, 2.05) is 0 Å². The van der Waals surface area contributed by atoms with Gasteiger partial charge in [0.15, 0.2) is 0 Å². The number of phenols is 1. The lowest BCUT2D eigenvalue weighted by molar-refractivity contribution is 0.0527. The molecule has 94 valence electrons. The molecule has 0 spiro atoms. The van der Waals surface area contributed by atoms with Gasteiger partial charge in [-0.25, -0.2) is 4.79 Å². The highest BCUT2D eigenvalue weighted by Gasteiger charge is 2.10. The molecule has 0 aliphatic heterocycles. The highest BCUT2D eigenvalue weighted by molar-refractivity contribution is 8.76. The SMILES string of the molecule is CCCSSCCOC(=O)c1ccccc1O. The predicted octanol–water partition coefficient (Wildman–Crippen LogP) is 3.34. The molecule has 1 rings (SSSR count). The van der Waals surface area contributed by atoms with Gasteiger partial charge in [-0.1, -0.05) is 40.6 Å². The van der Waals surface area contributed by atoms with Crippen LogP contribution in [-0.2, 0) is 4.74 Å². The summed E-state index contributed by atoms with van der Waals surface area (Å²) >= 11 is 0. The van der Waals surface area contributed by atoms with E-state index >= 15 is 0 Å². The maximum Gasteiger partial charge on any atom is 0.341 e. The molecule has 1 aromatic rings. The average Bonchev–Trinajstić information content (AvgIpc) is 2.34. The number of benzene rings is 1. The Morgan fingerprint density at radius 2 is 2.00 bits per heavy atom. The minimum atomic E-state index is -0.468. The molecule has 5 heteroatoms. The Labute approximate surface area is 109 Å². The smallest absolute Gasteiger partial charge is 0.341 e. The molecular weight excluding hydrogens is 256 g/mol. The Kier molecular flexibility index (Phi) is 6.96. The lowest BCUT2D eigenvalue weighted by Crippen LogP contribution is -2.07. The summed E-state index contributed by atoms with van der Waals surface area (Å²) in [5, 5.41) is 9.44. The molecule has 0 aliphatic carbocycles. The van der Waals surface area contributed by atoms with Crippen LogP contribution >= 0.6 is 21.6 Å². The van der Waals surface area contributed by atoms with E-state index in [0.717, 1.165) is 17.9 Å². The van der Waals surface area contributed by atoms with E-state index in [1.165, 1.54) is 6.07 Å². The molecule has 0 bridgehead atoms. The predicted molar refractivity (Wildman–Crippen MR) is 73.6 cm³/mol. The molecule has 0 fully saturated rings. The summed E-state index contributed by atoms with van der Waals surface area (Å²) in [6, 6.07) is 6.39. The van der Waals surface area contributed by atoms with Crippen molar-refractivity contribution in [3.63, 3.8) is 0 Å². The van der Waals surface area contributed by atoms with Gasteiger partial charge in [-0.15, -0.1) is 0 Å². The van der Waals surface area contributed by atoms with Crippen molar-refractivity contribution >= 4 is 27.6 Å². The quantitative estimate of drug-likeness (QED) is 0.468. The molecule has 1 N–H and O–H groups in total. The van der Waals surface area contributed by atoms with Crippen molar-refractivity contribution in [1.29, 1.82) is 0 Å². The van der Waals surface area contributed by atoms with E-state index in [-0.39, 0.29) is 11.3 Å². The van der Waals surface area contributed by atoms with Gasteiger partial charge in [-0.2, -0.15) is 0 Å². The summed E-state index contributed by atoms with van der Waals surface area (Å²) in [5.74, 6) is 1.37. The molecule has 0 atom stereocenters. The van der Waals surface area contributed by atoms with Crippen molar-refractivity contribution in [2.75, 3.05) is 18.1 Å². The van der Waals surface area contributed by atoms with Crippen LogP contribution in [0.15, 0.2) is 24.3 Å². The van der Waals surface area contributed by atoms with Crippen LogP contribution in [0.4, 0.5) is 0 Å². The van der Waals surface area contributed by atoms with Crippen LogP contribution in [0.25, 0.3) is 0 Å². The van der Waals surface area contributed by atoms with Crippen molar-refractivity contribution in [2.24, 2.45) is 0 Å². The fraction of sp³-hybridized carbons (Fsp3) is 0.417. The van der Waals surface area contributed by atoms with Gasteiger partial charge in [-0.3, -0.25) is 0 Å². The van der Waals surface area contributed by atoms with Crippen molar-refractivity contribution < 1.29 is 14.6 Å². The van der Waals surface area contributed by atoms with Gasteiger partial charge < -0.3 is 9.84 Å². The molecule has 3 nitrogen and oxygen atoms in total. The fourth-order valence-electron chi connectivity index (χ4n) is 1.09. The average molecular weight is 272 g/mol. The van der Waals surface area contributed by atoms with Gasteiger partial charge in [0.1, 0.15) is 17.9 Å². The van der Waals surface area contributed by atoms with Gasteiger partial charge in [-0.05, 0) is 18.6 Å². The number of hydrogen-bond donors (Lipinski definition) is 1. The van der Waals surface area contributed by atoms with Crippen molar-refractivity contribution in [3.05, 3.63) is 29.8 Å². The molecule has 0 heterocycles. The van der Waals surface area contributed by atoms with Crippen LogP contribution in [0.3, 0.4) is 0 Å². The molecule has 0 aliphatic rings. The summed E-state index contributed by atoms with van der Waals surface area (Å²) in [6.07, 6.45) is 1.15. The van der Waals surface area contributed by atoms with Crippen LogP contribution < -0.4 is 0 Å². The molecular formula is C12H16O3S2. The Bertz CT molecular complexity index is 355. The number of ether oxygens (including phenoxy) is 1. The number of carbonyl (C=O) groups is 1. The highest BCUT2D eigenvalue weighted by atomic mass is 33.1. The molecule has 0 saturated carbocycles. The molecule has 1 aromatic carbocycles. The van der Waals surface area contributed by atoms with E-state index in [0.29, 0.717) is 6.61 Å². The Morgan fingerprint density at radius 1 is 1.29 bits per heavy atom. The third-order valence-electron chi connectivity index (χ3n) is 1.89. The summed E-state index contributed by atoms with van der Waals surface area (Å²) in [4.78, 5) is 11.6. The van der Waals surface area contributed by atoms with Crippen LogP contribution in [0.2, 0.25) is 0 Å². The molecule has 0 unspecified atom stereocenters. The lowest BCUT2D eigenvalue weighted by atomic mass is 10.2. The highest BCUT2D eigenvalue weighted by Crippen LogP contribution is 2.22. The van der Waals surface area contributed by atoms with Crippen molar-refractivity contribution in [1.82, 2.24) is 0 Å². The minimum Gasteiger partial charge on any atom is -0.507 e. The lowest BCUT2D eigenvalue weighted by Gasteiger charge is -2.05. The standard InChI is InChI=1S/C12H16O3S2/c1-2-8-16-17-9-7-15-12(14)10-5-3-4-6-11(10)13/h3-6,13H,2,7-9H2,1H3. The topological polar surface area (TPSA) is 46.5 Å². The fourth-order valence-corrected chi connectivity index (χ4v) is 3.06. The normalized spacial score (nSPS) is 10.2. The van der Waals surface area contributed by atoms with Gasteiger partial charge >= 0.3 is 5.97 Å². The Morgan fingerprint density at radius 3 is 2.71 bits per heavy atom. The second-order valence-electron chi connectivity index (χ2n) is 3.30. The zero-order valence-corrected chi connectivity index (χ0v) is 11.4. The zero-order chi connectivity index (χ0) is 12.5. The van der Waals surface area contributed by atoms with E-state index in [9.17, 15) is 9.90 Å². The minimum absolute atomic E-state index is 0.0366. The first-order valence-electron chi connectivity index (χ1n) is 5.45. The largest absolute Gasteiger partial charge is 0.507 e. The maximum absolute atomic E-state index is 11.6. The van der Waals surface area contributed by atoms with Gasteiger partial charge in [0.05, 0.1) is 0 Å². The van der Waals surface area contributed by atoms with E-state index in [4.69, 9.17) is 4.74 Å². The number of para-hydroxylation sites is 1. The number of carbonyl (C=O) groups excluding carboxylic acids is 1. The Hall–Kier alpha value is -0.810. The third kappa shape index (κ3) is 5.37. The zero-order valence-electron chi connectivity index (χ0n) is 9.72. The van der Waals surface area contributed by atoms with E-state index in [1.54, 1.807) is 39.8 Å². The van der Waals surface area contributed by atoms with Crippen LogP contribution in [0.5, 0.6) is 5.75 Å². The van der Waals surface area contributed by atoms with E-state index < -0.39 is 5.97 Å². The Balaban J connectivity index is 2.24. The summed E-state index contributed by atoms with van der Waals surface area (Å²) < 4.78 is 5.06. The summed E-state index contributed by atoms with van der Waals surface area (Å²) in [7, 11) is 3.48. The number of rotatable bonds is 7. The molecule has 0 saturated heterocycles. The maximum atomic E-state index is 11.6. The monoisotopic (exact) mass is 272 g/mol.